The van der Waals surface area contributed by atoms with Crippen LogP contribution in [0.2, 0.25) is 4.34 Å². The van der Waals surface area contributed by atoms with E-state index in [9.17, 15) is 4.39 Å². The number of thiophene rings is 1. The lowest BCUT2D eigenvalue weighted by atomic mass is 10.2. The molecule has 0 spiro atoms. The maximum Gasteiger partial charge on any atom is 0.169 e. The summed E-state index contributed by atoms with van der Waals surface area (Å²) in [5.41, 5.74) is 0.994. The molecule has 0 aliphatic carbocycles. The zero-order valence-electron chi connectivity index (χ0n) is 11.6. The zero-order valence-corrected chi connectivity index (χ0v) is 14.0. The molecule has 2 aromatic rings. The SMILES string of the molecule is CCN(Cc1ccc(Cl)s1)C(=S)NCc1ccc(F)cc1. The molecular formula is C15H16ClFN2S2. The van der Waals surface area contributed by atoms with E-state index in [1.165, 1.54) is 17.0 Å². The molecule has 0 unspecified atom stereocenters. The van der Waals surface area contributed by atoms with Gasteiger partial charge in [0.2, 0.25) is 0 Å². The Labute approximate surface area is 138 Å². The summed E-state index contributed by atoms with van der Waals surface area (Å²) in [6.45, 7) is 4.19. The molecule has 1 aromatic heterocycles. The highest BCUT2D eigenvalue weighted by Crippen LogP contribution is 2.22. The quantitative estimate of drug-likeness (QED) is 0.809. The average Bonchev–Trinajstić information content (AvgIpc) is 2.89. The number of halogens is 2. The third-order valence-electron chi connectivity index (χ3n) is 3.00. The maximum atomic E-state index is 12.8. The lowest BCUT2D eigenvalue weighted by Gasteiger charge is -2.23. The van der Waals surface area contributed by atoms with Crippen LogP contribution >= 0.6 is 35.2 Å². The van der Waals surface area contributed by atoms with Crippen LogP contribution < -0.4 is 5.32 Å². The molecular weight excluding hydrogens is 327 g/mol. The van der Waals surface area contributed by atoms with Gasteiger partial charge in [-0.2, -0.15) is 0 Å². The Kier molecular flexibility index (Phi) is 5.96. The smallest absolute Gasteiger partial charge is 0.169 e. The van der Waals surface area contributed by atoms with Gasteiger partial charge in [-0.05, 0) is 49.0 Å². The van der Waals surface area contributed by atoms with Gasteiger partial charge in [-0.1, -0.05) is 23.7 Å². The highest BCUT2D eigenvalue weighted by Gasteiger charge is 2.09. The molecule has 0 aliphatic heterocycles. The number of nitrogens with zero attached hydrogens (tertiary/aromatic N) is 1. The molecule has 21 heavy (non-hydrogen) atoms. The summed E-state index contributed by atoms with van der Waals surface area (Å²) in [5, 5.41) is 3.89. The van der Waals surface area contributed by atoms with Gasteiger partial charge in [-0.15, -0.1) is 11.3 Å². The van der Waals surface area contributed by atoms with Gasteiger partial charge in [0.15, 0.2) is 5.11 Å². The van der Waals surface area contributed by atoms with Crippen molar-refractivity contribution in [1.29, 1.82) is 0 Å². The Morgan fingerprint density at radius 2 is 2.00 bits per heavy atom. The van der Waals surface area contributed by atoms with Crippen LogP contribution in [0.4, 0.5) is 4.39 Å². The Balaban J connectivity index is 1.89. The summed E-state index contributed by atoms with van der Waals surface area (Å²) in [6, 6.07) is 10.3. The Hall–Kier alpha value is -1.17. The van der Waals surface area contributed by atoms with Crippen molar-refractivity contribution < 1.29 is 4.39 Å². The maximum absolute atomic E-state index is 12.8. The number of hydrogen-bond donors (Lipinski definition) is 1. The second kappa shape index (κ2) is 7.73. The molecule has 0 atom stereocenters. The number of nitrogens with one attached hydrogen (secondary N) is 1. The molecule has 2 nitrogen and oxygen atoms in total. The van der Waals surface area contributed by atoms with Crippen LogP contribution in [-0.4, -0.2) is 16.6 Å². The van der Waals surface area contributed by atoms with Crippen LogP contribution in [0.3, 0.4) is 0 Å². The largest absolute Gasteiger partial charge is 0.358 e. The molecule has 6 heteroatoms. The third-order valence-corrected chi connectivity index (χ3v) is 4.62. The van der Waals surface area contributed by atoms with Crippen molar-refractivity contribution in [3.8, 4) is 0 Å². The monoisotopic (exact) mass is 342 g/mol. The summed E-state index contributed by atoms with van der Waals surface area (Å²) in [7, 11) is 0. The zero-order chi connectivity index (χ0) is 15.2. The second-order valence-electron chi connectivity index (χ2n) is 4.51. The van der Waals surface area contributed by atoms with E-state index in [4.69, 9.17) is 23.8 Å². The highest BCUT2D eigenvalue weighted by atomic mass is 35.5. The molecule has 0 saturated heterocycles. The molecule has 1 heterocycles. The van der Waals surface area contributed by atoms with E-state index in [0.29, 0.717) is 11.7 Å². The van der Waals surface area contributed by atoms with Crippen molar-refractivity contribution in [3.05, 3.63) is 57.0 Å². The van der Waals surface area contributed by atoms with Gasteiger partial charge in [0.25, 0.3) is 0 Å². The van der Waals surface area contributed by atoms with E-state index in [0.717, 1.165) is 23.0 Å². The number of thiocarbonyl (C=S) groups is 1. The van der Waals surface area contributed by atoms with Crippen LogP contribution in [0.1, 0.15) is 17.4 Å². The fourth-order valence-corrected chi connectivity index (χ4v) is 3.21. The van der Waals surface area contributed by atoms with Gasteiger partial charge >= 0.3 is 0 Å². The van der Waals surface area contributed by atoms with Crippen molar-refractivity contribution >= 4 is 40.3 Å². The summed E-state index contributed by atoms with van der Waals surface area (Å²) in [4.78, 5) is 3.24. The fourth-order valence-electron chi connectivity index (χ4n) is 1.84. The predicted octanol–water partition coefficient (Wildman–Crippen LogP) is 4.44. The normalized spacial score (nSPS) is 10.4. The molecule has 112 valence electrons. The molecule has 2 rings (SSSR count). The van der Waals surface area contributed by atoms with Crippen molar-refractivity contribution in [3.63, 3.8) is 0 Å². The van der Waals surface area contributed by atoms with Crippen molar-refractivity contribution in [2.75, 3.05) is 6.54 Å². The molecule has 1 N–H and O–H groups in total. The highest BCUT2D eigenvalue weighted by molar-refractivity contribution is 7.80. The number of rotatable bonds is 5. The standard InChI is InChI=1S/C15H16ClFN2S2/c1-2-19(10-13-7-8-14(16)21-13)15(20)18-9-11-3-5-12(17)6-4-11/h3-8H,2,9-10H2,1H3,(H,18,20). The topological polar surface area (TPSA) is 15.3 Å². The van der Waals surface area contributed by atoms with Crippen LogP contribution in [0.5, 0.6) is 0 Å². The van der Waals surface area contributed by atoms with Crippen molar-refractivity contribution in [2.24, 2.45) is 0 Å². The van der Waals surface area contributed by atoms with Gasteiger partial charge in [0.1, 0.15) is 5.82 Å². The summed E-state index contributed by atoms with van der Waals surface area (Å²) in [5.74, 6) is -0.230. The van der Waals surface area contributed by atoms with E-state index < -0.39 is 0 Å². The number of hydrogen-bond acceptors (Lipinski definition) is 2. The lowest BCUT2D eigenvalue weighted by molar-refractivity contribution is 0.430. The van der Waals surface area contributed by atoms with E-state index >= 15 is 0 Å². The van der Waals surface area contributed by atoms with E-state index in [-0.39, 0.29) is 5.82 Å². The van der Waals surface area contributed by atoms with E-state index in [1.54, 1.807) is 23.5 Å². The molecule has 0 bridgehead atoms. The summed E-state index contributed by atoms with van der Waals surface area (Å²) < 4.78 is 13.6. The van der Waals surface area contributed by atoms with Gasteiger partial charge in [0.05, 0.1) is 10.9 Å². The van der Waals surface area contributed by atoms with E-state index in [1.807, 2.05) is 12.1 Å². The van der Waals surface area contributed by atoms with Crippen LogP contribution in [0.25, 0.3) is 0 Å². The van der Waals surface area contributed by atoms with Crippen LogP contribution in [0, 0.1) is 5.82 Å². The molecule has 0 amide bonds. The molecule has 0 radical (unpaired) electrons. The third kappa shape index (κ3) is 4.95. The molecule has 1 aromatic carbocycles. The Morgan fingerprint density at radius 3 is 2.57 bits per heavy atom. The minimum Gasteiger partial charge on any atom is -0.358 e. The Bertz CT molecular complexity index is 598. The summed E-state index contributed by atoms with van der Waals surface area (Å²) >= 11 is 12.9. The molecule has 0 aliphatic rings. The van der Waals surface area contributed by atoms with E-state index in [2.05, 4.69) is 17.1 Å². The molecule has 0 fully saturated rings. The van der Waals surface area contributed by atoms with Gasteiger partial charge in [-0.3, -0.25) is 0 Å². The minimum atomic E-state index is -0.230. The molecule has 0 saturated carbocycles. The first-order valence-electron chi connectivity index (χ1n) is 6.60. The first kappa shape index (κ1) is 16.2. The van der Waals surface area contributed by atoms with Gasteiger partial charge in [0, 0.05) is 18.0 Å². The van der Waals surface area contributed by atoms with Crippen molar-refractivity contribution in [1.82, 2.24) is 10.2 Å². The minimum absolute atomic E-state index is 0.230. The Morgan fingerprint density at radius 1 is 1.29 bits per heavy atom. The lowest BCUT2D eigenvalue weighted by Crippen LogP contribution is -2.38. The number of benzene rings is 1. The average molecular weight is 343 g/mol. The first-order chi connectivity index (χ1) is 10.1. The first-order valence-corrected chi connectivity index (χ1v) is 8.20. The van der Waals surface area contributed by atoms with Crippen LogP contribution in [0.15, 0.2) is 36.4 Å². The second-order valence-corrected chi connectivity index (χ2v) is 6.69. The predicted molar refractivity (Wildman–Crippen MR) is 91.3 cm³/mol. The van der Waals surface area contributed by atoms with Crippen LogP contribution in [-0.2, 0) is 13.1 Å². The summed E-state index contributed by atoms with van der Waals surface area (Å²) in [6.07, 6.45) is 0. The van der Waals surface area contributed by atoms with Gasteiger partial charge < -0.3 is 10.2 Å². The fraction of sp³-hybridized carbons (Fsp3) is 0.267. The van der Waals surface area contributed by atoms with Gasteiger partial charge in [-0.25, -0.2) is 4.39 Å². The van der Waals surface area contributed by atoms with Crippen molar-refractivity contribution in [2.45, 2.75) is 20.0 Å².